The van der Waals surface area contributed by atoms with Gasteiger partial charge >= 0.3 is 0 Å². The number of benzene rings is 2. The first kappa shape index (κ1) is 18.4. The van der Waals surface area contributed by atoms with Gasteiger partial charge in [-0.15, -0.1) is 0 Å². The number of carbonyl (C=O) groups excluding carboxylic acids is 1. The van der Waals surface area contributed by atoms with Crippen molar-refractivity contribution in [3.8, 4) is 0 Å². The minimum Gasteiger partial charge on any atom is -0.452 e. The molecule has 0 fully saturated rings. The highest BCUT2D eigenvalue weighted by atomic mass is 16.3. The van der Waals surface area contributed by atoms with Gasteiger partial charge in [0.2, 0.25) is 5.78 Å². The lowest BCUT2D eigenvalue weighted by atomic mass is 10.1. The van der Waals surface area contributed by atoms with E-state index in [1.54, 1.807) is 48.5 Å². The van der Waals surface area contributed by atoms with Gasteiger partial charge in [-0.05, 0) is 12.1 Å². The predicted octanol–water partition coefficient (Wildman–Crippen LogP) is 5.08. The first-order valence-corrected chi connectivity index (χ1v) is 7.88. The maximum atomic E-state index is 12.2. The van der Waals surface area contributed by atoms with Crippen LogP contribution in [-0.4, -0.2) is 5.78 Å². The van der Waals surface area contributed by atoms with Crippen molar-refractivity contribution in [3.05, 3.63) is 82.2 Å². The smallest absolute Gasteiger partial charge is 0.228 e. The van der Waals surface area contributed by atoms with Gasteiger partial charge in [0.15, 0.2) is 11.2 Å². The SMILES string of the molecule is CC.CC.O=C(c1ccccc1)c1cc(=O)c2ccccc2o1. The maximum Gasteiger partial charge on any atom is 0.228 e. The summed E-state index contributed by atoms with van der Waals surface area (Å²) in [7, 11) is 0. The van der Waals surface area contributed by atoms with Crippen LogP contribution in [0.2, 0.25) is 0 Å². The lowest BCUT2D eigenvalue weighted by molar-refractivity contribution is 0.101. The summed E-state index contributed by atoms with van der Waals surface area (Å²) in [6.45, 7) is 8.00. The van der Waals surface area contributed by atoms with Crippen molar-refractivity contribution in [2.24, 2.45) is 0 Å². The van der Waals surface area contributed by atoms with Crippen molar-refractivity contribution in [1.82, 2.24) is 0 Å². The average Bonchev–Trinajstić information content (AvgIpc) is 2.65. The van der Waals surface area contributed by atoms with Gasteiger partial charge in [-0.2, -0.15) is 0 Å². The molecule has 2 aromatic carbocycles. The molecule has 3 aromatic rings. The van der Waals surface area contributed by atoms with Gasteiger partial charge in [-0.3, -0.25) is 9.59 Å². The highest BCUT2D eigenvalue weighted by Gasteiger charge is 2.13. The number of carbonyl (C=O) groups is 1. The summed E-state index contributed by atoms with van der Waals surface area (Å²) in [5.74, 6) is -0.224. The van der Waals surface area contributed by atoms with E-state index in [9.17, 15) is 9.59 Å². The lowest BCUT2D eigenvalue weighted by Gasteiger charge is -2.02. The Morgan fingerprint density at radius 1 is 0.826 bits per heavy atom. The Balaban J connectivity index is 0.000000615. The molecule has 0 atom stereocenters. The first-order chi connectivity index (χ1) is 11.3. The molecule has 0 saturated heterocycles. The quantitative estimate of drug-likeness (QED) is 0.620. The molecular weight excluding hydrogens is 288 g/mol. The number of ketones is 1. The Morgan fingerprint density at radius 2 is 1.39 bits per heavy atom. The zero-order chi connectivity index (χ0) is 17.2. The molecule has 0 radical (unpaired) electrons. The van der Waals surface area contributed by atoms with E-state index in [2.05, 4.69) is 0 Å². The monoisotopic (exact) mass is 310 g/mol. The summed E-state index contributed by atoms with van der Waals surface area (Å²) in [5.41, 5.74) is 0.719. The maximum absolute atomic E-state index is 12.2. The van der Waals surface area contributed by atoms with Crippen LogP contribution in [0.15, 0.2) is 69.9 Å². The van der Waals surface area contributed by atoms with Gasteiger partial charge in [0.05, 0.1) is 5.39 Å². The largest absolute Gasteiger partial charge is 0.452 e. The summed E-state index contributed by atoms with van der Waals surface area (Å²) in [5, 5.41) is 0.479. The summed E-state index contributed by atoms with van der Waals surface area (Å²) in [4.78, 5) is 24.1. The van der Waals surface area contributed by atoms with Crippen molar-refractivity contribution < 1.29 is 9.21 Å². The van der Waals surface area contributed by atoms with Crippen LogP contribution >= 0.6 is 0 Å². The van der Waals surface area contributed by atoms with Crippen molar-refractivity contribution >= 4 is 16.8 Å². The highest BCUT2D eigenvalue weighted by Crippen LogP contribution is 2.14. The van der Waals surface area contributed by atoms with E-state index in [0.717, 1.165) is 0 Å². The number of hydrogen-bond acceptors (Lipinski definition) is 3. The van der Waals surface area contributed by atoms with Gasteiger partial charge in [-0.25, -0.2) is 0 Å². The molecule has 0 saturated carbocycles. The molecule has 3 heteroatoms. The molecule has 0 aliphatic rings. The Morgan fingerprint density at radius 3 is 2.04 bits per heavy atom. The fraction of sp³-hybridized carbons (Fsp3) is 0.200. The standard InChI is InChI=1S/C16H10O3.2C2H6/c17-13-10-15(16(18)11-6-2-1-3-7-11)19-14-9-5-4-8-12(13)14;2*1-2/h1-10H;2*1-2H3. The lowest BCUT2D eigenvalue weighted by Crippen LogP contribution is -2.07. The minimum atomic E-state index is -0.288. The van der Waals surface area contributed by atoms with Crippen LogP contribution in [-0.2, 0) is 0 Å². The third kappa shape index (κ3) is 4.39. The number of fused-ring (bicyclic) bond motifs is 1. The van der Waals surface area contributed by atoms with Gasteiger partial charge < -0.3 is 4.42 Å². The Labute approximate surface area is 136 Å². The molecule has 1 aromatic heterocycles. The van der Waals surface area contributed by atoms with Gasteiger partial charge in [0.25, 0.3) is 0 Å². The van der Waals surface area contributed by atoms with Crippen LogP contribution in [0.1, 0.15) is 43.8 Å². The van der Waals surface area contributed by atoms with Crippen LogP contribution in [0.5, 0.6) is 0 Å². The van der Waals surface area contributed by atoms with Crippen molar-refractivity contribution in [2.75, 3.05) is 0 Å². The van der Waals surface area contributed by atoms with Crippen LogP contribution in [0.4, 0.5) is 0 Å². The molecule has 0 bridgehead atoms. The Kier molecular flexibility index (Phi) is 7.48. The fourth-order valence-corrected chi connectivity index (χ4v) is 1.95. The molecular formula is C20H22O3. The zero-order valence-corrected chi connectivity index (χ0v) is 14.0. The third-order valence-electron chi connectivity index (χ3n) is 2.89. The number of para-hydroxylation sites is 1. The Hall–Kier alpha value is -2.68. The van der Waals surface area contributed by atoms with Gasteiger partial charge in [0, 0.05) is 11.6 Å². The molecule has 0 spiro atoms. The minimum absolute atomic E-state index is 0.0647. The second-order valence-corrected chi connectivity index (χ2v) is 4.17. The van der Waals surface area contributed by atoms with E-state index in [1.165, 1.54) is 6.07 Å². The van der Waals surface area contributed by atoms with Crippen molar-refractivity contribution in [3.63, 3.8) is 0 Å². The summed E-state index contributed by atoms with van der Waals surface area (Å²) < 4.78 is 5.51. The number of rotatable bonds is 2. The Bertz CT molecular complexity index is 802. The van der Waals surface area contributed by atoms with Crippen LogP contribution in [0.3, 0.4) is 0 Å². The summed E-state index contributed by atoms with van der Waals surface area (Å²) in [6, 6.07) is 16.9. The normalized spacial score (nSPS) is 9.22. The van der Waals surface area contributed by atoms with Gasteiger partial charge in [0.1, 0.15) is 5.58 Å². The molecule has 0 N–H and O–H groups in total. The summed E-state index contributed by atoms with van der Waals surface area (Å²) in [6.07, 6.45) is 0. The van der Waals surface area contributed by atoms with Crippen LogP contribution < -0.4 is 5.43 Å². The van der Waals surface area contributed by atoms with E-state index in [1.807, 2.05) is 33.8 Å². The average molecular weight is 310 g/mol. The molecule has 0 aliphatic carbocycles. The van der Waals surface area contributed by atoms with Crippen molar-refractivity contribution in [2.45, 2.75) is 27.7 Å². The van der Waals surface area contributed by atoms with Gasteiger partial charge in [-0.1, -0.05) is 70.2 Å². The first-order valence-electron chi connectivity index (χ1n) is 7.88. The second-order valence-electron chi connectivity index (χ2n) is 4.17. The molecule has 120 valence electrons. The molecule has 0 unspecified atom stereocenters. The number of hydrogen-bond donors (Lipinski definition) is 0. The highest BCUT2D eigenvalue weighted by molar-refractivity contribution is 6.07. The molecule has 1 heterocycles. The molecule has 23 heavy (non-hydrogen) atoms. The van der Waals surface area contributed by atoms with E-state index in [0.29, 0.717) is 16.5 Å². The van der Waals surface area contributed by atoms with E-state index >= 15 is 0 Å². The molecule has 3 rings (SSSR count). The van der Waals surface area contributed by atoms with E-state index in [4.69, 9.17) is 4.42 Å². The topological polar surface area (TPSA) is 47.3 Å². The predicted molar refractivity (Wildman–Crippen MR) is 95.1 cm³/mol. The summed E-state index contributed by atoms with van der Waals surface area (Å²) >= 11 is 0. The fourth-order valence-electron chi connectivity index (χ4n) is 1.95. The van der Waals surface area contributed by atoms with Crippen molar-refractivity contribution in [1.29, 1.82) is 0 Å². The molecule has 0 amide bonds. The second kappa shape index (κ2) is 9.36. The third-order valence-corrected chi connectivity index (χ3v) is 2.89. The van der Waals surface area contributed by atoms with E-state index in [-0.39, 0.29) is 17.0 Å². The van der Waals surface area contributed by atoms with E-state index < -0.39 is 0 Å². The van der Waals surface area contributed by atoms with Crippen LogP contribution in [0.25, 0.3) is 11.0 Å². The molecule has 0 aliphatic heterocycles. The molecule has 3 nitrogen and oxygen atoms in total. The zero-order valence-electron chi connectivity index (χ0n) is 14.0. The van der Waals surface area contributed by atoms with Crippen LogP contribution in [0, 0.1) is 0 Å².